The first kappa shape index (κ1) is 52.5. The van der Waals surface area contributed by atoms with Crippen molar-refractivity contribution in [2.24, 2.45) is 5.92 Å². The van der Waals surface area contributed by atoms with Gasteiger partial charge in [-0.15, -0.1) is 0 Å². The van der Waals surface area contributed by atoms with Crippen molar-refractivity contribution in [2.75, 3.05) is 6.61 Å². The quantitative estimate of drug-likeness (QED) is 0.0354. The number of hydrogen-bond acceptors (Lipinski definition) is 6. The Morgan fingerprint density at radius 3 is 1.25 bits per heavy atom. The highest BCUT2D eigenvalue weighted by Crippen LogP contribution is 2.20. The van der Waals surface area contributed by atoms with Crippen LogP contribution in [0.15, 0.2) is 0 Å². The lowest BCUT2D eigenvalue weighted by Crippen LogP contribution is -2.41. The van der Waals surface area contributed by atoms with Crippen LogP contribution in [0, 0.1) is 5.92 Å². The molecule has 0 fully saturated rings. The van der Waals surface area contributed by atoms with Crippen molar-refractivity contribution in [2.45, 2.75) is 232 Å². The number of unbranched alkanes of at least 4 members (excludes halogenated alkanes) is 21. The summed E-state index contributed by atoms with van der Waals surface area (Å²) >= 11 is 0. The Balaban J connectivity index is 0. The van der Waals surface area contributed by atoms with Gasteiger partial charge in [0.2, 0.25) is 5.91 Å². The Morgan fingerprint density at radius 2 is 0.830 bits per heavy atom. The molecule has 0 aromatic carbocycles. The maximum atomic E-state index is 12.0. The summed E-state index contributed by atoms with van der Waals surface area (Å²) in [5, 5.41) is 28.6. The molecular formula is C43H81NO9. The molecule has 0 radical (unpaired) electrons. The average Bonchev–Trinajstić information content (AvgIpc) is 3.12. The van der Waals surface area contributed by atoms with Crippen LogP contribution in [0.25, 0.3) is 0 Å². The standard InChI is InChI=1S/C26H50O4.C17H31NO5/c1-3-5-7-9-11-12-14-16-20-24(19-15-13-10-8-6-4-2)23-30-26(29)22-18-17-21-25(27)28;1-2-3-4-5-6-7-8-9-10-11-15(19)18-14(17(22)23)12-13-16(20)21/h24H,3-23H2,1-2H3,(H,27,28);14H,2-13H2,1H3,(H,18,19)(H,20,21)(H,22,23). The van der Waals surface area contributed by atoms with Gasteiger partial charge < -0.3 is 25.4 Å². The summed E-state index contributed by atoms with van der Waals surface area (Å²) in [4.78, 5) is 55.6. The third-order valence-corrected chi connectivity index (χ3v) is 9.72. The molecule has 0 aromatic rings. The number of esters is 1. The number of rotatable bonds is 38. The van der Waals surface area contributed by atoms with E-state index >= 15 is 0 Å². The number of hydrogen-bond donors (Lipinski definition) is 4. The molecule has 312 valence electrons. The highest BCUT2D eigenvalue weighted by atomic mass is 16.5. The van der Waals surface area contributed by atoms with Gasteiger partial charge in [0.15, 0.2) is 0 Å². The number of carbonyl (C=O) groups is 5. The summed E-state index contributed by atoms with van der Waals surface area (Å²) < 4.78 is 5.54. The van der Waals surface area contributed by atoms with Gasteiger partial charge in [0.25, 0.3) is 0 Å². The second-order valence-electron chi connectivity index (χ2n) is 14.9. The number of aliphatic carboxylic acids is 3. The van der Waals surface area contributed by atoms with E-state index < -0.39 is 23.9 Å². The van der Waals surface area contributed by atoms with Gasteiger partial charge in [-0.3, -0.25) is 19.2 Å². The highest BCUT2D eigenvalue weighted by Gasteiger charge is 2.20. The second-order valence-corrected chi connectivity index (χ2v) is 14.9. The summed E-state index contributed by atoms with van der Waals surface area (Å²) in [5.74, 6) is -3.04. The van der Waals surface area contributed by atoms with Gasteiger partial charge in [-0.05, 0) is 44.4 Å². The largest absolute Gasteiger partial charge is 0.481 e. The maximum Gasteiger partial charge on any atom is 0.326 e. The first-order chi connectivity index (χ1) is 25.6. The molecule has 0 aliphatic rings. The van der Waals surface area contributed by atoms with Crippen molar-refractivity contribution < 1.29 is 44.0 Å². The van der Waals surface area contributed by atoms with Gasteiger partial charge in [0.1, 0.15) is 6.04 Å². The lowest BCUT2D eigenvalue weighted by Gasteiger charge is -2.17. The molecule has 0 aromatic heterocycles. The topological polar surface area (TPSA) is 167 Å². The van der Waals surface area contributed by atoms with Crippen LogP contribution in [0.1, 0.15) is 226 Å². The van der Waals surface area contributed by atoms with Crippen LogP contribution in [0.5, 0.6) is 0 Å². The first-order valence-corrected chi connectivity index (χ1v) is 21.7. The number of carboxylic acids is 3. The van der Waals surface area contributed by atoms with E-state index in [2.05, 4.69) is 26.1 Å². The molecule has 10 nitrogen and oxygen atoms in total. The van der Waals surface area contributed by atoms with Crippen LogP contribution >= 0.6 is 0 Å². The molecule has 53 heavy (non-hydrogen) atoms. The Labute approximate surface area is 323 Å². The Kier molecular flexibility index (Phi) is 40.1. The summed E-state index contributed by atoms with van der Waals surface area (Å²) in [6.45, 7) is 7.24. The highest BCUT2D eigenvalue weighted by molar-refractivity contribution is 5.83. The van der Waals surface area contributed by atoms with Gasteiger partial charge in [-0.1, -0.05) is 162 Å². The molecule has 0 saturated carbocycles. The van der Waals surface area contributed by atoms with Crippen molar-refractivity contribution in [3.63, 3.8) is 0 Å². The van der Waals surface area contributed by atoms with E-state index in [0.717, 1.165) is 32.1 Å². The molecule has 0 rings (SSSR count). The van der Waals surface area contributed by atoms with E-state index in [0.29, 0.717) is 38.2 Å². The second kappa shape index (κ2) is 40.5. The van der Waals surface area contributed by atoms with Gasteiger partial charge in [-0.2, -0.15) is 0 Å². The molecule has 2 atom stereocenters. The fourth-order valence-electron chi connectivity index (χ4n) is 6.31. The SMILES string of the molecule is CCCCCCCCCCC(CCCCCCCC)COC(=O)CCCCC(=O)O.CCCCCCCCCCCC(=O)NC(CCC(=O)O)C(=O)O. The van der Waals surface area contributed by atoms with Gasteiger partial charge in [-0.25, -0.2) is 4.79 Å². The summed E-state index contributed by atoms with van der Waals surface area (Å²) in [6.07, 6.45) is 32.7. The number of ether oxygens (including phenoxy) is 1. The summed E-state index contributed by atoms with van der Waals surface area (Å²) in [7, 11) is 0. The minimum atomic E-state index is -1.19. The average molecular weight is 756 g/mol. The summed E-state index contributed by atoms with van der Waals surface area (Å²) in [6, 6.07) is -1.11. The van der Waals surface area contributed by atoms with Crippen molar-refractivity contribution >= 4 is 29.8 Å². The van der Waals surface area contributed by atoms with Crippen molar-refractivity contribution in [3.8, 4) is 0 Å². The van der Waals surface area contributed by atoms with Gasteiger partial charge >= 0.3 is 23.9 Å². The van der Waals surface area contributed by atoms with E-state index in [-0.39, 0.29) is 31.1 Å². The van der Waals surface area contributed by atoms with E-state index in [9.17, 15) is 24.0 Å². The van der Waals surface area contributed by atoms with Crippen LogP contribution in [-0.2, 0) is 28.7 Å². The Bertz CT molecular complexity index is 895. The van der Waals surface area contributed by atoms with E-state index in [1.54, 1.807) is 0 Å². The fraction of sp³-hybridized carbons (Fsp3) is 0.884. The molecule has 0 bridgehead atoms. The minimum absolute atomic E-state index is 0.0891. The van der Waals surface area contributed by atoms with Crippen molar-refractivity contribution in [1.29, 1.82) is 0 Å². The lowest BCUT2D eigenvalue weighted by atomic mass is 9.94. The molecular weight excluding hydrogens is 674 g/mol. The van der Waals surface area contributed by atoms with E-state index in [1.807, 2.05) is 0 Å². The third kappa shape index (κ3) is 42.0. The molecule has 4 N–H and O–H groups in total. The lowest BCUT2D eigenvalue weighted by molar-refractivity contribution is -0.146. The summed E-state index contributed by atoms with van der Waals surface area (Å²) in [5.41, 5.74) is 0. The zero-order valence-electron chi connectivity index (χ0n) is 34.3. The van der Waals surface area contributed by atoms with Crippen LogP contribution in [0.2, 0.25) is 0 Å². The van der Waals surface area contributed by atoms with Gasteiger partial charge in [0, 0.05) is 25.7 Å². The molecule has 1 amide bonds. The number of carbonyl (C=O) groups excluding carboxylic acids is 2. The number of carboxylic acid groups (broad SMARTS) is 3. The molecule has 2 unspecified atom stereocenters. The zero-order valence-corrected chi connectivity index (χ0v) is 34.3. The maximum absolute atomic E-state index is 12.0. The monoisotopic (exact) mass is 756 g/mol. The van der Waals surface area contributed by atoms with Crippen LogP contribution in [0.4, 0.5) is 0 Å². The van der Waals surface area contributed by atoms with Crippen LogP contribution < -0.4 is 5.32 Å². The minimum Gasteiger partial charge on any atom is -0.481 e. The predicted octanol–water partition coefficient (Wildman–Crippen LogP) is 11.4. The molecule has 0 spiro atoms. The molecule has 10 heteroatoms. The molecule has 0 heterocycles. The van der Waals surface area contributed by atoms with Crippen LogP contribution in [-0.4, -0.2) is 57.8 Å². The molecule has 0 aliphatic carbocycles. The third-order valence-electron chi connectivity index (χ3n) is 9.72. The van der Waals surface area contributed by atoms with Crippen molar-refractivity contribution in [1.82, 2.24) is 5.32 Å². The Hall–Kier alpha value is -2.65. The number of amides is 1. The molecule has 0 saturated heterocycles. The van der Waals surface area contributed by atoms with Gasteiger partial charge in [0.05, 0.1) is 6.61 Å². The van der Waals surface area contributed by atoms with E-state index in [1.165, 1.54) is 128 Å². The first-order valence-electron chi connectivity index (χ1n) is 21.7. The molecule has 0 aliphatic heterocycles. The van der Waals surface area contributed by atoms with E-state index in [4.69, 9.17) is 20.1 Å². The normalized spacial score (nSPS) is 12.0. The Morgan fingerprint density at radius 1 is 0.453 bits per heavy atom. The predicted molar refractivity (Wildman–Crippen MR) is 214 cm³/mol. The zero-order chi connectivity index (χ0) is 39.8. The van der Waals surface area contributed by atoms with Crippen LogP contribution in [0.3, 0.4) is 0 Å². The smallest absolute Gasteiger partial charge is 0.326 e. The van der Waals surface area contributed by atoms with Crippen molar-refractivity contribution in [3.05, 3.63) is 0 Å². The fourth-order valence-corrected chi connectivity index (χ4v) is 6.31. The number of nitrogens with one attached hydrogen (secondary N) is 1.